The molecule has 4 heteroatoms. The maximum absolute atomic E-state index is 12.4. The number of likely N-dealkylation sites (tertiary alicyclic amines) is 1. The summed E-state index contributed by atoms with van der Waals surface area (Å²) in [6, 6.07) is 4.27. The molecule has 100 valence electrons. The Bertz CT molecular complexity index is 436. The van der Waals surface area contributed by atoms with Crippen molar-refractivity contribution in [2.24, 2.45) is 5.73 Å². The Morgan fingerprint density at radius 1 is 1.28 bits per heavy atom. The number of hydrogen-bond acceptors (Lipinski definition) is 2. The normalized spacial score (nSPS) is 18.7. The zero-order chi connectivity index (χ0) is 12.6. The quantitative estimate of drug-likeness (QED) is 0.849. The van der Waals surface area contributed by atoms with E-state index in [0.717, 1.165) is 29.7 Å². The van der Waals surface area contributed by atoms with E-state index in [-0.39, 0.29) is 24.4 Å². The molecule has 2 N–H and O–H groups in total. The van der Waals surface area contributed by atoms with Gasteiger partial charge in [-0.15, -0.1) is 12.4 Å². The zero-order valence-corrected chi connectivity index (χ0v) is 12.0. The summed E-state index contributed by atoms with van der Waals surface area (Å²) in [7, 11) is 0. The minimum Gasteiger partial charge on any atom is -0.337 e. The van der Waals surface area contributed by atoms with Crippen LogP contribution in [0.25, 0.3) is 0 Å². The molecule has 0 saturated carbocycles. The van der Waals surface area contributed by atoms with Crippen molar-refractivity contribution in [3.8, 4) is 0 Å². The molecule has 1 fully saturated rings. The largest absolute Gasteiger partial charge is 0.337 e. The standard InChI is InChI=1S/C14H20N2O.ClH/c1-9-6-10(2)13(11(3)7-9)14(17)16-5-4-12(15)8-16;/h6-7,12H,4-5,8,15H2,1-3H3;1H. The van der Waals surface area contributed by atoms with E-state index >= 15 is 0 Å². The van der Waals surface area contributed by atoms with Gasteiger partial charge in [0, 0.05) is 24.7 Å². The first-order valence-corrected chi connectivity index (χ1v) is 6.11. The number of hydrogen-bond donors (Lipinski definition) is 1. The van der Waals surface area contributed by atoms with Gasteiger partial charge in [0.15, 0.2) is 0 Å². The first kappa shape index (κ1) is 15.0. The van der Waals surface area contributed by atoms with Gasteiger partial charge in [0.05, 0.1) is 0 Å². The molecule has 0 aromatic heterocycles. The van der Waals surface area contributed by atoms with Gasteiger partial charge in [0.2, 0.25) is 0 Å². The smallest absolute Gasteiger partial charge is 0.254 e. The predicted octanol–water partition coefficient (Wildman–Crippen LogP) is 2.21. The lowest BCUT2D eigenvalue weighted by Crippen LogP contribution is -2.32. The highest BCUT2D eigenvalue weighted by Crippen LogP contribution is 2.20. The van der Waals surface area contributed by atoms with Crippen LogP contribution >= 0.6 is 12.4 Å². The Morgan fingerprint density at radius 2 is 1.83 bits per heavy atom. The van der Waals surface area contributed by atoms with Crippen LogP contribution in [0.15, 0.2) is 12.1 Å². The van der Waals surface area contributed by atoms with Crippen LogP contribution in [0.5, 0.6) is 0 Å². The average Bonchev–Trinajstić information content (AvgIpc) is 2.63. The Hall–Kier alpha value is -1.06. The third-order valence-electron chi connectivity index (χ3n) is 3.40. The second-order valence-electron chi connectivity index (χ2n) is 5.07. The molecular weight excluding hydrogens is 248 g/mol. The van der Waals surface area contributed by atoms with Gasteiger partial charge in [0.25, 0.3) is 5.91 Å². The van der Waals surface area contributed by atoms with Crippen molar-refractivity contribution in [2.45, 2.75) is 33.2 Å². The second-order valence-corrected chi connectivity index (χ2v) is 5.07. The number of benzene rings is 1. The van der Waals surface area contributed by atoms with Crippen LogP contribution in [0.1, 0.15) is 33.5 Å². The van der Waals surface area contributed by atoms with Gasteiger partial charge < -0.3 is 10.6 Å². The van der Waals surface area contributed by atoms with Crippen LogP contribution in [0.3, 0.4) is 0 Å². The number of carbonyl (C=O) groups is 1. The molecule has 1 amide bonds. The summed E-state index contributed by atoms with van der Waals surface area (Å²) in [6.45, 7) is 7.53. The zero-order valence-electron chi connectivity index (χ0n) is 11.2. The maximum Gasteiger partial charge on any atom is 0.254 e. The van der Waals surface area contributed by atoms with Crippen molar-refractivity contribution >= 4 is 18.3 Å². The molecule has 0 radical (unpaired) electrons. The van der Waals surface area contributed by atoms with E-state index in [9.17, 15) is 4.79 Å². The minimum absolute atomic E-state index is 0. The van der Waals surface area contributed by atoms with Gasteiger partial charge in [-0.2, -0.15) is 0 Å². The fraction of sp³-hybridized carbons (Fsp3) is 0.500. The van der Waals surface area contributed by atoms with E-state index in [2.05, 4.69) is 19.1 Å². The van der Waals surface area contributed by atoms with Gasteiger partial charge in [-0.1, -0.05) is 17.7 Å². The highest BCUT2D eigenvalue weighted by atomic mass is 35.5. The lowest BCUT2D eigenvalue weighted by atomic mass is 9.99. The Kier molecular flexibility index (Phi) is 4.77. The van der Waals surface area contributed by atoms with E-state index in [1.165, 1.54) is 5.56 Å². The fourth-order valence-electron chi connectivity index (χ4n) is 2.65. The third kappa shape index (κ3) is 2.85. The van der Waals surface area contributed by atoms with Gasteiger partial charge in [-0.3, -0.25) is 4.79 Å². The van der Waals surface area contributed by atoms with Crippen LogP contribution in [0.4, 0.5) is 0 Å². The van der Waals surface area contributed by atoms with Crippen LogP contribution in [-0.4, -0.2) is 29.9 Å². The molecule has 1 heterocycles. The molecule has 0 bridgehead atoms. The van der Waals surface area contributed by atoms with Crippen LogP contribution < -0.4 is 5.73 Å². The predicted molar refractivity (Wildman–Crippen MR) is 76.4 cm³/mol. The first-order chi connectivity index (χ1) is 7.99. The van der Waals surface area contributed by atoms with Gasteiger partial charge in [-0.05, 0) is 38.3 Å². The molecule has 1 aromatic rings. The first-order valence-electron chi connectivity index (χ1n) is 6.11. The summed E-state index contributed by atoms with van der Waals surface area (Å²) < 4.78 is 0. The van der Waals surface area contributed by atoms with Crippen molar-refractivity contribution in [1.82, 2.24) is 4.90 Å². The van der Waals surface area contributed by atoms with Crippen molar-refractivity contribution in [1.29, 1.82) is 0 Å². The summed E-state index contributed by atoms with van der Waals surface area (Å²) in [5.74, 6) is 0.132. The van der Waals surface area contributed by atoms with E-state index in [1.807, 2.05) is 18.7 Å². The molecule has 1 atom stereocenters. The van der Waals surface area contributed by atoms with Crippen molar-refractivity contribution in [3.63, 3.8) is 0 Å². The number of nitrogens with two attached hydrogens (primary N) is 1. The maximum atomic E-state index is 12.4. The highest BCUT2D eigenvalue weighted by molar-refractivity contribution is 5.97. The molecular formula is C14H21ClN2O. The molecule has 1 unspecified atom stereocenters. The summed E-state index contributed by atoms with van der Waals surface area (Å²) in [5.41, 5.74) is 10.0. The number of nitrogens with zero attached hydrogens (tertiary/aromatic N) is 1. The summed E-state index contributed by atoms with van der Waals surface area (Å²) in [6.07, 6.45) is 0.912. The van der Waals surface area contributed by atoms with Gasteiger partial charge >= 0.3 is 0 Å². The highest BCUT2D eigenvalue weighted by Gasteiger charge is 2.26. The van der Waals surface area contributed by atoms with E-state index in [0.29, 0.717) is 6.54 Å². The molecule has 2 rings (SSSR count). The number of amides is 1. The summed E-state index contributed by atoms with van der Waals surface area (Å²) in [4.78, 5) is 14.3. The second kappa shape index (κ2) is 5.72. The number of halogens is 1. The molecule has 1 aliphatic heterocycles. The number of carbonyl (C=O) groups excluding carboxylic acids is 1. The fourth-order valence-corrected chi connectivity index (χ4v) is 2.65. The minimum atomic E-state index is 0. The molecule has 0 aliphatic carbocycles. The van der Waals surface area contributed by atoms with E-state index in [4.69, 9.17) is 5.73 Å². The summed E-state index contributed by atoms with van der Waals surface area (Å²) in [5, 5.41) is 0. The van der Waals surface area contributed by atoms with Crippen LogP contribution in [0, 0.1) is 20.8 Å². The van der Waals surface area contributed by atoms with Crippen molar-refractivity contribution < 1.29 is 4.79 Å². The van der Waals surface area contributed by atoms with E-state index < -0.39 is 0 Å². The number of rotatable bonds is 1. The molecule has 18 heavy (non-hydrogen) atoms. The molecule has 0 spiro atoms. The van der Waals surface area contributed by atoms with Gasteiger partial charge in [-0.25, -0.2) is 0 Å². The molecule has 1 aliphatic rings. The van der Waals surface area contributed by atoms with Crippen molar-refractivity contribution in [3.05, 3.63) is 34.4 Å². The van der Waals surface area contributed by atoms with Gasteiger partial charge in [0.1, 0.15) is 0 Å². The van der Waals surface area contributed by atoms with Crippen molar-refractivity contribution in [2.75, 3.05) is 13.1 Å². The van der Waals surface area contributed by atoms with Crippen LogP contribution in [0.2, 0.25) is 0 Å². The Labute approximate surface area is 115 Å². The van der Waals surface area contributed by atoms with E-state index in [1.54, 1.807) is 0 Å². The average molecular weight is 269 g/mol. The third-order valence-corrected chi connectivity index (χ3v) is 3.40. The van der Waals surface area contributed by atoms with Crippen LogP contribution in [-0.2, 0) is 0 Å². The topological polar surface area (TPSA) is 46.3 Å². The Morgan fingerprint density at radius 3 is 2.28 bits per heavy atom. The monoisotopic (exact) mass is 268 g/mol. The molecule has 1 saturated heterocycles. The molecule has 3 nitrogen and oxygen atoms in total. The SMILES string of the molecule is Cc1cc(C)c(C(=O)N2CCC(N)C2)c(C)c1.Cl. The Balaban J connectivity index is 0.00000162. The lowest BCUT2D eigenvalue weighted by Gasteiger charge is -2.19. The lowest BCUT2D eigenvalue weighted by molar-refractivity contribution is 0.0789. The molecule has 1 aromatic carbocycles. The number of aryl methyl sites for hydroxylation is 3. The summed E-state index contributed by atoms with van der Waals surface area (Å²) >= 11 is 0.